The molecule has 0 aliphatic carbocycles. The predicted octanol–water partition coefficient (Wildman–Crippen LogP) is 0.884. The molecule has 0 radical (unpaired) electrons. The molecule has 0 atom stereocenters. The Labute approximate surface area is 107 Å². The van der Waals surface area contributed by atoms with Gasteiger partial charge in [0.2, 0.25) is 0 Å². The van der Waals surface area contributed by atoms with Crippen molar-refractivity contribution >= 4 is 13.8 Å². The van der Waals surface area contributed by atoms with E-state index in [9.17, 15) is 9.36 Å². The van der Waals surface area contributed by atoms with Gasteiger partial charge in [0.15, 0.2) is 0 Å². The molecule has 0 aromatic heterocycles. The van der Waals surface area contributed by atoms with Crippen molar-refractivity contribution in [2.45, 2.75) is 20.8 Å². The first-order valence-electron chi connectivity index (χ1n) is 5.60. The third-order valence-electron chi connectivity index (χ3n) is 2.22. The number of carbonyl (C=O) groups excluding carboxylic acids is 1. The molecule has 0 saturated carbocycles. The number of phosphoric acid groups is 1. The summed E-state index contributed by atoms with van der Waals surface area (Å²) >= 11 is 0. The van der Waals surface area contributed by atoms with E-state index >= 15 is 0 Å². The Morgan fingerprint density at radius 2 is 1.89 bits per heavy atom. The molecule has 0 aliphatic rings. The number of hydrogen-bond acceptors (Lipinski definition) is 5. The first-order chi connectivity index (χ1) is 8.30. The molecule has 0 aromatic rings. The molecule has 18 heavy (non-hydrogen) atoms. The Hall–Kier alpha value is -0.880. The molecule has 0 fully saturated rings. The van der Waals surface area contributed by atoms with Crippen LogP contribution in [0.4, 0.5) is 0 Å². The molecule has 0 heterocycles. The van der Waals surface area contributed by atoms with Crippen LogP contribution in [0.15, 0.2) is 11.8 Å². The lowest BCUT2D eigenvalue weighted by molar-refractivity contribution is -0.139. The van der Waals surface area contributed by atoms with Gasteiger partial charge in [0.25, 0.3) is 0 Å². The Bertz CT molecular complexity index is 333. The van der Waals surface area contributed by atoms with Crippen molar-refractivity contribution in [3.8, 4) is 0 Å². The van der Waals surface area contributed by atoms with Gasteiger partial charge in [-0.1, -0.05) is 13.8 Å². The van der Waals surface area contributed by atoms with E-state index in [1.165, 1.54) is 6.92 Å². The van der Waals surface area contributed by atoms with Crippen LogP contribution in [-0.2, 0) is 18.6 Å². The number of likely N-dealkylation sites (N-methyl/N-ethyl adjacent to an activating group) is 1. The molecule has 0 bridgehead atoms. The molecule has 0 aromatic carbocycles. The van der Waals surface area contributed by atoms with Crippen LogP contribution >= 0.6 is 7.82 Å². The van der Waals surface area contributed by atoms with Gasteiger partial charge >= 0.3 is 13.8 Å². The molecule has 0 rings (SSSR count). The van der Waals surface area contributed by atoms with E-state index in [-0.39, 0.29) is 12.2 Å². The normalized spacial score (nSPS) is 12.7. The minimum absolute atomic E-state index is 0.00197. The lowest BCUT2D eigenvalue weighted by Gasteiger charge is -2.17. The summed E-state index contributed by atoms with van der Waals surface area (Å²) in [6, 6.07) is 0. The molecule has 0 amide bonds. The lowest BCUT2D eigenvalue weighted by Crippen LogP contribution is -2.28. The average molecular weight is 281 g/mol. The second-order valence-corrected chi connectivity index (χ2v) is 4.75. The van der Waals surface area contributed by atoms with Crippen LogP contribution in [0.2, 0.25) is 0 Å². The topological polar surface area (TPSA) is 96.3 Å². The fourth-order valence-electron chi connectivity index (χ4n) is 1.12. The van der Waals surface area contributed by atoms with Crippen LogP contribution in [0.3, 0.4) is 0 Å². The highest BCUT2D eigenvalue weighted by Crippen LogP contribution is 2.36. The van der Waals surface area contributed by atoms with Crippen LogP contribution in [0.5, 0.6) is 0 Å². The maximum atomic E-state index is 11.4. The minimum atomic E-state index is -4.60. The van der Waals surface area contributed by atoms with Gasteiger partial charge in [0.1, 0.15) is 12.9 Å². The maximum Gasteiger partial charge on any atom is 0.524 e. The summed E-state index contributed by atoms with van der Waals surface area (Å²) < 4.78 is 19.4. The van der Waals surface area contributed by atoms with Crippen LogP contribution in [-0.4, -0.2) is 46.9 Å². The van der Waals surface area contributed by atoms with Crippen molar-refractivity contribution in [3.63, 3.8) is 0 Å². The standard InChI is InChI=1S/C10H20NO6P/c1-4-11(5-2)6-7-16-10(12)9(3)8-17-18(13,14)15/h8H,4-7H2,1-3H3,(H2,13,14,15). The number of rotatable bonds is 8. The first kappa shape index (κ1) is 17.1. The molecule has 8 heteroatoms. The second kappa shape index (κ2) is 8.26. The molecule has 0 spiro atoms. The van der Waals surface area contributed by atoms with Crippen molar-refractivity contribution in [1.29, 1.82) is 0 Å². The Kier molecular flexibility index (Phi) is 7.86. The third-order valence-corrected chi connectivity index (χ3v) is 2.60. The molecule has 7 nitrogen and oxygen atoms in total. The average Bonchev–Trinajstić information content (AvgIpc) is 2.30. The summed E-state index contributed by atoms with van der Waals surface area (Å²) in [5.74, 6) is -0.657. The zero-order valence-corrected chi connectivity index (χ0v) is 11.7. The van der Waals surface area contributed by atoms with Gasteiger partial charge in [-0.15, -0.1) is 0 Å². The Morgan fingerprint density at radius 3 is 2.33 bits per heavy atom. The van der Waals surface area contributed by atoms with Crippen LogP contribution in [0.1, 0.15) is 20.8 Å². The number of carbonyl (C=O) groups is 1. The summed E-state index contributed by atoms with van der Waals surface area (Å²) in [4.78, 5) is 30.4. The highest BCUT2D eigenvalue weighted by molar-refractivity contribution is 7.46. The fraction of sp³-hybridized carbons (Fsp3) is 0.700. The second-order valence-electron chi connectivity index (χ2n) is 3.56. The number of esters is 1. The summed E-state index contributed by atoms with van der Waals surface area (Å²) in [7, 11) is -4.60. The van der Waals surface area contributed by atoms with E-state index in [0.717, 1.165) is 13.1 Å². The first-order valence-corrected chi connectivity index (χ1v) is 7.13. The largest absolute Gasteiger partial charge is 0.524 e. The van der Waals surface area contributed by atoms with Crippen LogP contribution in [0.25, 0.3) is 0 Å². The van der Waals surface area contributed by atoms with Crippen molar-refractivity contribution in [1.82, 2.24) is 4.90 Å². The van der Waals surface area contributed by atoms with Gasteiger partial charge < -0.3 is 14.2 Å². The van der Waals surface area contributed by atoms with Gasteiger partial charge in [0.05, 0.1) is 5.57 Å². The number of ether oxygens (including phenoxy) is 1. The molecule has 106 valence electrons. The smallest absolute Gasteiger partial charge is 0.461 e. The predicted molar refractivity (Wildman–Crippen MR) is 65.6 cm³/mol. The quantitative estimate of drug-likeness (QED) is 0.295. The summed E-state index contributed by atoms with van der Waals surface area (Å²) in [6.07, 6.45) is 0.709. The maximum absolute atomic E-state index is 11.4. The Morgan fingerprint density at radius 1 is 1.33 bits per heavy atom. The van der Waals surface area contributed by atoms with E-state index in [4.69, 9.17) is 14.5 Å². The van der Waals surface area contributed by atoms with Crippen molar-refractivity contribution in [2.24, 2.45) is 0 Å². The molecular weight excluding hydrogens is 261 g/mol. The zero-order valence-electron chi connectivity index (χ0n) is 10.8. The molecular formula is C10H20NO6P. The van der Waals surface area contributed by atoms with Gasteiger partial charge in [-0.05, 0) is 20.0 Å². The van der Waals surface area contributed by atoms with E-state index < -0.39 is 13.8 Å². The zero-order chi connectivity index (χ0) is 14.2. The summed E-state index contributed by atoms with van der Waals surface area (Å²) in [5, 5.41) is 0. The van der Waals surface area contributed by atoms with Gasteiger partial charge in [-0.3, -0.25) is 9.79 Å². The Balaban J connectivity index is 4.06. The SMILES string of the molecule is CCN(CC)CCOC(=O)C(C)=COP(=O)(O)O. The number of nitrogens with zero attached hydrogens (tertiary/aromatic N) is 1. The van der Waals surface area contributed by atoms with Crippen molar-refractivity contribution < 1.29 is 28.4 Å². The summed E-state index contributed by atoms with van der Waals surface area (Å²) in [6.45, 7) is 7.94. The van der Waals surface area contributed by atoms with E-state index in [2.05, 4.69) is 9.42 Å². The third kappa shape index (κ3) is 8.25. The van der Waals surface area contributed by atoms with Crippen LogP contribution in [0, 0.1) is 0 Å². The highest BCUT2D eigenvalue weighted by Gasteiger charge is 2.14. The minimum Gasteiger partial charge on any atom is -0.461 e. The van der Waals surface area contributed by atoms with E-state index in [1.807, 2.05) is 13.8 Å². The van der Waals surface area contributed by atoms with Crippen molar-refractivity contribution in [3.05, 3.63) is 11.8 Å². The van der Waals surface area contributed by atoms with Gasteiger partial charge in [-0.25, -0.2) is 9.36 Å². The number of phosphoric ester groups is 1. The van der Waals surface area contributed by atoms with Gasteiger partial charge in [-0.2, -0.15) is 0 Å². The monoisotopic (exact) mass is 281 g/mol. The lowest BCUT2D eigenvalue weighted by atomic mass is 10.3. The molecule has 0 saturated heterocycles. The van der Waals surface area contributed by atoms with Crippen molar-refractivity contribution in [2.75, 3.05) is 26.2 Å². The molecule has 2 N–H and O–H groups in total. The van der Waals surface area contributed by atoms with Gasteiger partial charge in [0, 0.05) is 6.54 Å². The molecule has 0 unspecified atom stereocenters. The van der Waals surface area contributed by atoms with Crippen LogP contribution < -0.4 is 0 Å². The van der Waals surface area contributed by atoms with E-state index in [1.54, 1.807) is 0 Å². The fourth-order valence-corrected chi connectivity index (χ4v) is 1.41. The van der Waals surface area contributed by atoms with E-state index in [0.29, 0.717) is 12.8 Å². The highest BCUT2D eigenvalue weighted by atomic mass is 31.2. The number of hydrogen-bond donors (Lipinski definition) is 2. The summed E-state index contributed by atoms with van der Waals surface area (Å²) in [5.41, 5.74) is -0.00197. The molecule has 0 aliphatic heterocycles.